The molecule has 0 heterocycles. The van der Waals surface area contributed by atoms with Crippen molar-refractivity contribution >= 4 is 17.6 Å². The lowest BCUT2D eigenvalue weighted by Gasteiger charge is -2.60. The Morgan fingerprint density at radius 2 is 1.81 bits per heavy atom. The average molecular weight is 357 g/mol. The Hall–Kier alpha value is -1.88. The van der Waals surface area contributed by atoms with E-state index in [0.717, 1.165) is 31.4 Å². The molecular formula is C21H27NO4. The maximum atomic E-state index is 12.4. The van der Waals surface area contributed by atoms with Crippen LogP contribution in [-0.2, 0) is 14.3 Å². The van der Waals surface area contributed by atoms with Crippen molar-refractivity contribution in [3.8, 4) is 0 Å². The number of likely N-dealkylation sites (N-methyl/N-ethyl adjacent to an activating group) is 1. The number of anilines is 1. The Kier molecular flexibility index (Phi) is 4.30. The summed E-state index contributed by atoms with van der Waals surface area (Å²) in [5, 5.41) is 10.8. The molecule has 0 aliphatic heterocycles. The van der Waals surface area contributed by atoms with Crippen molar-refractivity contribution in [3.05, 3.63) is 30.3 Å². The highest BCUT2D eigenvalue weighted by Gasteiger charge is 2.57. The van der Waals surface area contributed by atoms with E-state index in [2.05, 4.69) is 0 Å². The third-order valence-corrected chi connectivity index (χ3v) is 6.54. The third kappa shape index (κ3) is 3.37. The predicted molar refractivity (Wildman–Crippen MR) is 97.5 cm³/mol. The van der Waals surface area contributed by atoms with E-state index in [9.17, 15) is 14.7 Å². The highest BCUT2D eigenvalue weighted by molar-refractivity contribution is 5.94. The lowest BCUT2D eigenvalue weighted by Crippen LogP contribution is -2.56. The fraction of sp³-hybridized carbons (Fsp3) is 0.619. The second-order valence-corrected chi connectivity index (χ2v) is 8.81. The van der Waals surface area contributed by atoms with Gasteiger partial charge in [-0.25, -0.2) is 0 Å². The van der Waals surface area contributed by atoms with Crippen LogP contribution in [0.2, 0.25) is 0 Å². The minimum atomic E-state index is -0.576. The first-order valence-corrected chi connectivity index (χ1v) is 9.56. The molecule has 1 aromatic carbocycles. The molecule has 1 N–H and O–H groups in total. The van der Waals surface area contributed by atoms with E-state index in [-0.39, 0.29) is 23.9 Å². The van der Waals surface area contributed by atoms with Crippen LogP contribution in [0.4, 0.5) is 5.69 Å². The minimum absolute atomic E-state index is 0.121. The van der Waals surface area contributed by atoms with Gasteiger partial charge in [-0.1, -0.05) is 18.2 Å². The normalized spacial score (nSPS) is 34.5. The van der Waals surface area contributed by atoms with Crippen molar-refractivity contribution in [2.75, 3.05) is 18.6 Å². The number of esters is 1. The van der Waals surface area contributed by atoms with Crippen molar-refractivity contribution in [1.82, 2.24) is 0 Å². The van der Waals surface area contributed by atoms with Gasteiger partial charge in [0, 0.05) is 12.7 Å². The fourth-order valence-electron chi connectivity index (χ4n) is 6.00. The third-order valence-electron chi connectivity index (χ3n) is 6.54. The van der Waals surface area contributed by atoms with Crippen LogP contribution in [0.1, 0.15) is 44.9 Å². The molecule has 4 bridgehead atoms. The number of carbonyl (C=O) groups is 2. The SMILES string of the molecule is CN(C(=O)COC(=O)CC12C[C@@H]3C[C@@H](CC(O)(C3)C1)C2)c1ccccc1. The van der Waals surface area contributed by atoms with Gasteiger partial charge in [-0.3, -0.25) is 9.59 Å². The van der Waals surface area contributed by atoms with Gasteiger partial charge in [0.1, 0.15) is 0 Å². The molecule has 5 heteroatoms. The number of hydrogen-bond acceptors (Lipinski definition) is 4. The molecule has 0 saturated heterocycles. The van der Waals surface area contributed by atoms with Crippen LogP contribution < -0.4 is 4.90 Å². The summed E-state index contributed by atoms with van der Waals surface area (Å²) in [5.74, 6) is 0.527. The van der Waals surface area contributed by atoms with E-state index >= 15 is 0 Å². The highest BCUT2D eigenvalue weighted by Crippen LogP contribution is 2.62. The molecule has 0 radical (unpaired) electrons. The minimum Gasteiger partial charge on any atom is -0.456 e. The Balaban J connectivity index is 1.33. The van der Waals surface area contributed by atoms with Gasteiger partial charge in [-0.05, 0) is 67.9 Å². The first-order chi connectivity index (χ1) is 12.4. The lowest BCUT2D eigenvalue weighted by atomic mass is 9.47. The molecule has 4 aliphatic rings. The predicted octanol–water partition coefficient (Wildman–Crippen LogP) is 2.91. The monoisotopic (exact) mass is 357 g/mol. The molecule has 0 spiro atoms. The smallest absolute Gasteiger partial charge is 0.306 e. The van der Waals surface area contributed by atoms with Gasteiger partial charge in [-0.15, -0.1) is 0 Å². The zero-order valence-corrected chi connectivity index (χ0v) is 15.3. The summed E-state index contributed by atoms with van der Waals surface area (Å²) in [5.41, 5.74) is 0.0784. The van der Waals surface area contributed by atoms with Crippen LogP contribution in [0.25, 0.3) is 0 Å². The Morgan fingerprint density at radius 3 is 2.42 bits per heavy atom. The zero-order valence-electron chi connectivity index (χ0n) is 15.3. The number of nitrogens with zero attached hydrogens (tertiary/aromatic N) is 1. The Bertz CT molecular complexity index is 687. The molecule has 26 heavy (non-hydrogen) atoms. The van der Waals surface area contributed by atoms with Gasteiger partial charge < -0.3 is 14.7 Å². The van der Waals surface area contributed by atoms with E-state index < -0.39 is 5.60 Å². The number of para-hydroxylation sites is 1. The molecule has 1 amide bonds. The topological polar surface area (TPSA) is 66.8 Å². The summed E-state index contributed by atoms with van der Waals surface area (Å²) in [4.78, 5) is 26.2. The fourth-order valence-corrected chi connectivity index (χ4v) is 6.00. The maximum absolute atomic E-state index is 12.4. The Morgan fingerprint density at radius 1 is 1.15 bits per heavy atom. The summed E-state index contributed by atoms with van der Waals surface area (Å²) in [6.45, 7) is -0.239. The van der Waals surface area contributed by atoms with Crippen molar-refractivity contribution < 1.29 is 19.4 Å². The van der Waals surface area contributed by atoms with Crippen molar-refractivity contribution in [2.45, 2.75) is 50.5 Å². The van der Waals surface area contributed by atoms with Crippen molar-refractivity contribution in [2.24, 2.45) is 17.3 Å². The standard InChI is InChI=1S/C21H27NO4/c1-22(17-5-3-2-4-6-17)18(23)13-26-19(24)12-20-8-15-7-16(9-20)11-21(25,10-15)14-20/h2-6,15-16,25H,7-14H2,1H3/t15-,16+,20?,21?. The van der Waals surface area contributed by atoms with Crippen LogP contribution in [0.15, 0.2) is 30.3 Å². The van der Waals surface area contributed by atoms with Crippen molar-refractivity contribution in [3.63, 3.8) is 0 Å². The molecule has 4 saturated carbocycles. The molecule has 5 nitrogen and oxygen atoms in total. The number of hydrogen-bond donors (Lipinski definition) is 1. The first kappa shape index (κ1) is 17.5. The molecule has 4 fully saturated rings. The Labute approximate surface area is 154 Å². The number of benzene rings is 1. The lowest BCUT2D eigenvalue weighted by molar-refractivity contribution is -0.177. The molecule has 1 aromatic rings. The van der Waals surface area contributed by atoms with E-state index in [4.69, 9.17) is 4.74 Å². The van der Waals surface area contributed by atoms with E-state index in [1.165, 1.54) is 11.3 Å². The van der Waals surface area contributed by atoms with Gasteiger partial charge in [0.25, 0.3) is 5.91 Å². The van der Waals surface area contributed by atoms with E-state index in [1.807, 2.05) is 30.3 Å². The highest BCUT2D eigenvalue weighted by atomic mass is 16.5. The number of ether oxygens (including phenoxy) is 1. The summed E-state index contributed by atoms with van der Waals surface area (Å²) >= 11 is 0. The zero-order chi connectivity index (χ0) is 18.4. The summed E-state index contributed by atoms with van der Waals surface area (Å²) in [6.07, 6.45) is 6.03. The van der Waals surface area contributed by atoms with Gasteiger partial charge in [0.05, 0.1) is 12.0 Å². The molecular weight excluding hydrogens is 330 g/mol. The molecule has 2 unspecified atom stereocenters. The summed E-state index contributed by atoms with van der Waals surface area (Å²) < 4.78 is 5.31. The first-order valence-electron chi connectivity index (χ1n) is 9.56. The van der Waals surface area contributed by atoms with Crippen molar-refractivity contribution in [1.29, 1.82) is 0 Å². The van der Waals surface area contributed by atoms with Crippen LogP contribution in [0.5, 0.6) is 0 Å². The van der Waals surface area contributed by atoms with Gasteiger partial charge >= 0.3 is 5.97 Å². The van der Waals surface area contributed by atoms with E-state index in [0.29, 0.717) is 24.7 Å². The number of carbonyl (C=O) groups excluding carboxylic acids is 2. The van der Waals surface area contributed by atoms with Gasteiger partial charge in [-0.2, -0.15) is 0 Å². The van der Waals surface area contributed by atoms with Crippen LogP contribution in [0, 0.1) is 17.3 Å². The van der Waals surface area contributed by atoms with Crippen LogP contribution in [0.3, 0.4) is 0 Å². The average Bonchev–Trinajstić information content (AvgIpc) is 2.57. The molecule has 4 aliphatic carbocycles. The largest absolute Gasteiger partial charge is 0.456 e. The maximum Gasteiger partial charge on any atom is 0.306 e. The quantitative estimate of drug-likeness (QED) is 0.823. The summed E-state index contributed by atoms with van der Waals surface area (Å²) in [7, 11) is 1.68. The summed E-state index contributed by atoms with van der Waals surface area (Å²) in [6, 6.07) is 9.30. The molecule has 140 valence electrons. The van der Waals surface area contributed by atoms with E-state index in [1.54, 1.807) is 7.05 Å². The number of amides is 1. The van der Waals surface area contributed by atoms with Gasteiger partial charge in [0.2, 0.25) is 0 Å². The number of rotatable bonds is 5. The number of aliphatic hydroxyl groups is 1. The molecule has 0 aromatic heterocycles. The second-order valence-electron chi connectivity index (χ2n) is 8.81. The second kappa shape index (κ2) is 6.38. The molecule has 5 rings (SSSR count). The van der Waals surface area contributed by atoms with Gasteiger partial charge in [0.15, 0.2) is 6.61 Å². The van der Waals surface area contributed by atoms with Crippen LogP contribution >= 0.6 is 0 Å². The van der Waals surface area contributed by atoms with Crippen LogP contribution in [-0.4, -0.2) is 36.2 Å². The molecule has 4 atom stereocenters.